The second-order valence-corrected chi connectivity index (χ2v) is 4.87. The van der Waals surface area contributed by atoms with Gasteiger partial charge in [0.25, 0.3) is 0 Å². The zero-order chi connectivity index (χ0) is 13.7. The van der Waals surface area contributed by atoms with Crippen molar-refractivity contribution in [1.29, 1.82) is 0 Å². The van der Waals surface area contributed by atoms with Crippen LogP contribution in [-0.4, -0.2) is 11.1 Å². The fraction of sp³-hybridized carbons (Fsp3) is 0.133. The molecule has 1 N–H and O–H groups in total. The Morgan fingerprint density at radius 2 is 2.26 bits per heavy atom. The van der Waals surface area contributed by atoms with Crippen LogP contribution < -0.4 is 4.74 Å². The SMILES string of the molecule is Cc1cccc(/C=C/C(=O)O)c1OCc1ccsc1. The topological polar surface area (TPSA) is 46.5 Å². The molecular formula is C15H14O3S. The van der Waals surface area contributed by atoms with Crippen molar-refractivity contribution in [2.75, 3.05) is 0 Å². The number of rotatable bonds is 5. The molecule has 1 aromatic heterocycles. The number of hydrogen-bond acceptors (Lipinski definition) is 3. The third-order valence-corrected chi connectivity index (χ3v) is 3.34. The minimum Gasteiger partial charge on any atom is -0.488 e. The monoisotopic (exact) mass is 274 g/mol. The number of ether oxygens (including phenoxy) is 1. The van der Waals surface area contributed by atoms with Gasteiger partial charge in [-0.1, -0.05) is 18.2 Å². The maximum atomic E-state index is 10.6. The Hall–Kier alpha value is -2.07. The third kappa shape index (κ3) is 3.69. The van der Waals surface area contributed by atoms with Crippen molar-refractivity contribution in [3.8, 4) is 5.75 Å². The van der Waals surface area contributed by atoms with Crippen LogP contribution in [0.15, 0.2) is 41.1 Å². The number of benzene rings is 1. The van der Waals surface area contributed by atoms with Crippen LogP contribution in [0.25, 0.3) is 6.08 Å². The van der Waals surface area contributed by atoms with E-state index in [1.165, 1.54) is 0 Å². The average molecular weight is 274 g/mol. The summed E-state index contributed by atoms with van der Waals surface area (Å²) in [6, 6.07) is 7.68. The van der Waals surface area contributed by atoms with E-state index in [1.54, 1.807) is 17.4 Å². The Labute approximate surface area is 115 Å². The van der Waals surface area contributed by atoms with Crippen molar-refractivity contribution in [3.05, 3.63) is 57.8 Å². The van der Waals surface area contributed by atoms with Crippen molar-refractivity contribution in [3.63, 3.8) is 0 Å². The van der Waals surface area contributed by atoms with Gasteiger partial charge in [-0.05, 0) is 41.0 Å². The number of thiophene rings is 1. The summed E-state index contributed by atoms with van der Waals surface area (Å²) in [5.41, 5.74) is 2.88. The van der Waals surface area contributed by atoms with E-state index in [4.69, 9.17) is 9.84 Å². The van der Waals surface area contributed by atoms with Crippen molar-refractivity contribution >= 4 is 23.4 Å². The van der Waals surface area contributed by atoms with Crippen LogP contribution in [0, 0.1) is 6.92 Å². The molecule has 0 bridgehead atoms. The highest BCUT2D eigenvalue weighted by Crippen LogP contribution is 2.26. The maximum Gasteiger partial charge on any atom is 0.328 e. The molecule has 98 valence electrons. The number of aryl methyl sites for hydroxylation is 1. The fourth-order valence-electron chi connectivity index (χ4n) is 1.69. The summed E-state index contributed by atoms with van der Waals surface area (Å²) in [6.45, 7) is 2.43. The van der Waals surface area contributed by atoms with E-state index in [1.807, 2.05) is 41.9 Å². The lowest BCUT2D eigenvalue weighted by molar-refractivity contribution is -0.131. The molecular weight excluding hydrogens is 260 g/mol. The first-order valence-corrected chi connectivity index (χ1v) is 6.75. The molecule has 0 saturated carbocycles. The lowest BCUT2D eigenvalue weighted by atomic mass is 10.1. The molecule has 4 heteroatoms. The quantitative estimate of drug-likeness (QED) is 0.845. The minimum atomic E-state index is -0.967. The van der Waals surface area contributed by atoms with Gasteiger partial charge in [-0.2, -0.15) is 11.3 Å². The zero-order valence-corrected chi connectivity index (χ0v) is 11.3. The number of carboxylic acids is 1. The van der Waals surface area contributed by atoms with E-state index in [0.29, 0.717) is 6.61 Å². The summed E-state index contributed by atoms with van der Waals surface area (Å²) in [4.78, 5) is 10.6. The number of carbonyl (C=O) groups is 1. The van der Waals surface area contributed by atoms with Crippen molar-refractivity contribution in [2.24, 2.45) is 0 Å². The highest BCUT2D eigenvalue weighted by atomic mass is 32.1. The minimum absolute atomic E-state index is 0.488. The number of para-hydroxylation sites is 1. The van der Waals surface area contributed by atoms with Crippen molar-refractivity contribution < 1.29 is 14.6 Å². The summed E-state index contributed by atoms with van der Waals surface area (Å²) in [7, 11) is 0. The molecule has 2 aromatic rings. The highest BCUT2D eigenvalue weighted by molar-refractivity contribution is 7.07. The molecule has 1 heterocycles. The predicted molar refractivity (Wildman–Crippen MR) is 76.5 cm³/mol. The van der Waals surface area contributed by atoms with Crippen molar-refractivity contribution in [2.45, 2.75) is 13.5 Å². The molecule has 0 amide bonds. The van der Waals surface area contributed by atoms with Gasteiger partial charge in [0.05, 0.1) is 0 Å². The predicted octanol–water partition coefficient (Wildman–Crippen LogP) is 3.73. The van der Waals surface area contributed by atoms with E-state index in [9.17, 15) is 4.79 Å². The molecule has 3 nitrogen and oxygen atoms in total. The number of aliphatic carboxylic acids is 1. The summed E-state index contributed by atoms with van der Waals surface area (Å²) in [5.74, 6) is -0.239. The zero-order valence-electron chi connectivity index (χ0n) is 10.5. The Kier molecular flexibility index (Phi) is 4.36. The lowest BCUT2D eigenvalue weighted by Crippen LogP contribution is -1.98. The Morgan fingerprint density at radius 3 is 2.95 bits per heavy atom. The van der Waals surface area contributed by atoms with Gasteiger partial charge in [0.2, 0.25) is 0 Å². The van der Waals surface area contributed by atoms with Crippen LogP contribution in [0.5, 0.6) is 5.75 Å². The second kappa shape index (κ2) is 6.20. The first-order valence-electron chi connectivity index (χ1n) is 5.81. The first-order chi connectivity index (χ1) is 9.16. The smallest absolute Gasteiger partial charge is 0.328 e. The first kappa shape index (κ1) is 13.4. The van der Waals surface area contributed by atoms with Crippen LogP contribution in [0.4, 0.5) is 0 Å². The summed E-state index contributed by atoms with van der Waals surface area (Å²) >= 11 is 1.63. The standard InChI is InChI=1S/C15H14O3S/c1-11-3-2-4-13(5-6-14(16)17)15(11)18-9-12-7-8-19-10-12/h2-8,10H,9H2,1H3,(H,16,17)/b6-5+. The molecule has 0 saturated heterocycles. The molecule has 2 rings (SSSR count). The molecule has 0 unspecified atom stereocenters. The summed E-state index contributed by atoms with van der Waals surface area (Å²) in [5, 5.41) is 12.7. The van der Waals surface area contributed by atoms with Crippen LogP contribution in [0.1, 0.15) is 16.7 Å². The highest BCUT2D eigenvalue weighted by Gasteiger charge is 2.05. The van der Waals surface area contributed by atoms with E-state index in [-0.39, 0.29) is 0 Å². The van der Waals surface area contributed by atoms with Gasteiger partial charge in [0.1, 0.15) is 12.4 Å². The molecule has 19 heavy (non-hydrogen) atoms. The molecule has 0 fully saturated rings. The van der Waals surface area contributed by atoms with Gasteiger partial charge in [-0.3, -0.25) is 0 Å². The third-order valence-electron chi connectivity index (χ3n) is 2.61. The van der Waals surface area contributed by atoms with E-state index in [2.05, 4.69) is 0 Å². The fourth-order valence-corrected chi connectivity index (χ4v) is 2.35. The van der Waals surface area contributed by atoms with Gasteiger partial charge < -0.3 is 9.84 Å². The molecule has 1 aromatic carbocycles. The molecule has 0 aliphatic carbocycles. The van der Waals surface area contributed by atoms with Crippen molar-refractivity contribution in [1.82, 2.24) is 0 Å². The van der Waals surface area contributed by atoms with Gasteiger partial charge >= 0.3 is 5.97 Å². The Balaban J connectivity index is 2.20. The largest absolute Gasteiger partial charge is 0.488 e. The van der Waals surface area contributed by atoms with Gasteiger partial charge in [0, 0.05) is 11.6 Å². The van der Waals surface area contributed by atoms with Crippen LogP contribution in [0.3, 0.4) is 0 Å². The molecule has 0 aliphatic rings. The average Bonchev–Trinajstić information content (AvgIpc) is 2.88. The second-order valence-electron chi connectivity index (χ2n) is 4.09. The number of carboxylic acid groups (broad SMARTS) is 1. The Bertz CT molecular complexity index is 585. The summed E-state index contributed by atoms with van der Waals surface area (Å²) < 4.78 is 5.81. The summed E-state index contributed by atoms with van der Waals surface area (Å²) in [6.07, 6.45) is 2.67. The van der Waals surface area contributed by atoms with E-state index < -0.39 is 5.97 Å². The molecule has 0 aliphatic heterocycles. The van der Waals surface area contributed by atoms with Crippen LogP contribution >= 0.6 is 11.3 Å². The van der Waals surface area contributed by atoms with Crippen LogP contribution in [0.2, 0.25) is 0 Å². The number of hydrogen-bond donors (Lipinski definition) is 1. The van der Waals surface area contributed by atoms with Crippen LogP contribution in [-0.2, 0) is 11.4 Å². The van der Waals surface area contributed by atoms with Gasteiger partial charge in [0.15, 0.2) is 0 Å². The molecule has 0 atom stereocenters. The lowest BCUT2D eigenvalue weighted by Gasteiger charge is -2.11. The van der Waals surface area contributed by atoms with E-state index in [0.717, 1.165) is 28.5 Å². The van der Waals surface area contributed by atoms with E-state index >= 15 is 0 Å². The Morgan fingerprint density at radius 1 is 1.42 bits per heavy atom. The normalized spacial score (nSPS) is 10.8. The maximum absolute atomic E-state index is 10.6. The molecule has 0 spiro atoms. The molecule has 0 radical (unpaired) electrons. The van der Waals surface area contributed by atoms with Gasteiger partial charge in [-0.15, -0.1) is 0 Å². The van der Waals surface area contributed by atoms with Gasteiger partial charge in [-0.25, -0.2) is 4.79 Å².